The van der Waals surface area contributed by atoms with E-state index in [1.165, 1.54) is 0 Å². The Hall–Kier alpha value is -0.610. The number of carbonyl (C=O) groups is 1. The molecule has 1 aromatic carbocycles. The molecule has 0 heterocycles. The first-order valence-corrected chi connectivity index (χ1v) is 8.36. The molecule has 1 amide bonds. The van der Waals surface area contributed by atoms with Crippen molar-refractivity contribution < 1.29 is 4.79 Å². The molecule has 0 radical (unpaired) electrons. The van der Waals surface area contributed by atoms with Crippen LogP contribution in [0, 0.1) is 0 Å². The molecule has 0 aliphatic rings. The van der Waals surface area contributed by atoms with Gasteiger partial charge in [0.25, 0.3) is 0 Å². The molecule has 112 valence electrons. The van der Waals surface area contributed by atoms with Crippen molar-refractivity contribution in [1.82, 2.24) is 0 Å². The first kappa shape index (κ1) is 17.4. The summed E-state index contributed by atoms with van der Waals surface area (Å²) in [5.74, 6) is 0.0903. The number of carbonyl (C=O) groups excluding carboxylic acids is 1. The Morgan fingerprint density at radius 1 is 1.15 bits per heavy atom. The van der Waals surface area contributed by atoms with Gasteiger partial charge in [-0.3, -0.25) is 4.79 Å². The van der Waals surface area contributed by atoms with Gasteiger partial charge in [0, 0.05) is 22.6 Å². The molecular weight excluding hydrogens is 286 g/mol. The molecule has 0 saturated heterocycles. The van der Waals surface area contributed by atoms with Crippen molar-refractivity contribution in [3.8, 4) is 0 Å². The monoisotopic (exact) mass is 311 g/mol. The van der Waals surface area contributed by atoms with Crippen LogP contribution in [0.5, 0.6) is 0 Å². The molecule has 0 aliphatic heterocycles. The van der Waals surface area contributed by atoms with Crippen LogP contribution in [0.1, 0.15) is 45.4 Å². The Labute approximate surface area is 133 Å². The van der Waals surface area contributed by atoms with Crippen LogP contribution in [-0.2, 0) is 4.79 Å². The Morgan fingerprint density at radius 3 is 2.50 bits per heavy atom. The zero-order valence-electron chi connectivity index (χ0n) is 12.1. The van der Waals surface area contributed by atoms with Crippen LogP contribution in [0.2, 0.25) is 0 Å². The van der Waals surface area contributed by atoms with Crippen molar-refractivity contribution in [3.05, 3.63) is 30.3 Å². The lowest BCUT2D eigenvalue weighted by Gasteiger charge is -2.14. The van der Waals surface area contributed by atoms with E-state index in [4.69, 9.17) is 0 Å². The molecule has 2 nitrogen and oxygen atoms in total. The highest BCUT2D eigenvalue weighted by Crippen LogP contribution is 2.18. The number of rotatable bonds is 9. The summed E-state index contributed by atoms with van der Waals surface area (Å²) in [6.07, 6.45) is 5.71. The quantitative estimate of drug-likeness (QED) is 0.452. The van der Waals surface area contributed by atoms with Crippen molar-refractivity contribution >= 4 is 36.9 Å². The molecule has 1 aromatic rings. The van der Waals surface area contributed by atoms with Gasteiger partial charge in [-0.25, -0.2) is 0 Å². The number of nitrogens with one attached hydrogen (secondary N) is 1. The van der Waals surface area contributed by atoms with Crippen molar-refractivity contribution in [2.24, 2.45) is 0 Å². The highest BCUT2D eigenvalue weighted by Gasteiger charge is 2.09. The number of para-hydroxylation sites is 1. The largest absolute Gasteiger partial charge is 0.326 e. The SMILES string of the molecule is CCC(S)CC(S)CCCCC(=O)Nc1ccccc1. The molecule has 0 fully saturated rings. The fourth-order valence-electron chi connectivity index (χ4n) is 2.01. The average Bonchev–Trinajstić information content (AvgIpc) is 2.44. The van der Waals surface area contributed by atoms with Crippen LogP contribution in [0.4, 0.5) is 5.69 Å². The number of unbranched alkanes of at least 4 members (excludes halogenated alkanes) is 1. The Bertz CT molecular complexity index is 383. The minimum absolute atomic E-state index is 0.0903. The zero-order chi connectivity index (χ0) is 14.8. The lowest BCUT2D eigenvalue weighted by Crippen LogP contribution is -2.12. The van der Waals surface area contributed by atoms with E-state index >= 15 is 0 Å². The molecule has 2 unspecified atom stereocenters. The van der Waals surface area contributed by atoms with Crippen LogP contribution in [0.3, 0.4) is 0 Å². The number of benzene rings is 1. The molecular formula is C16H25NOS2. The van der Waals surface area contributed by atoms with Gasteiger partial charge >= 0.3 is 0 Å². The molecule has 0 aliphatic carbocycles. The molecule has 0 aromatic heterocycles. The molecule has 4 heteroatoms. The molecule has 1 rings (SSSR count). The van der Waals surface area contributed by atoms with Crippen LogP contribution < -0.4 is 5.32 Å². The van der Waals surface area contributed by atoms with E-state index in [0.717, 1.165) is 37.8 Å². The molecule has 0 saturated carbocycles. The lowest BCUT2D eigenvalue weighted by molar-refractivity contribution is -0.116. The predicted octanol–water partition coefficient (Wildman–Crippen LogP) is 4.58. The Kier molecular flexibility index (Phi) is 8.86. The van der Waals surface area contributed by atoms with Crippen molar-refractivity contribution in [1.29, 1.82) is 0 Å². The summed E-state index contributed by atoms with van der Waals surface area (Å²) in [7, 11) is 0. The summed E-state index contributed by atoms with van der Waals surface area (Å²) in [5.41, 5.74) is 0.866. The van der Waals surface area contributed by atoms with Gasteiger partial charge in [0.2, 0.25) is 5.91 Å². The van der Waals surface area contributed by atoms with E-state index in [2.05, 4.69) is 37.5 Å². The molecule has 0 bridgehead atoms. The minimum Gasteiger partial charge on any atom is -0.326 e. The van der Waals surface area contributed by atoms with Gasteiger partial charge in [-0.1, -0.05) is 31.5 Å². The predicted molar refractivity (Wildman–Crippen MR) is 94.0 cm³/mol. The number of hydrogen-bond donors (Lipinski definition) is 3. The van der Waals surface area contributed by atoms with E-state index in [1.54, 1.807) is 0 Å². The van der Waals surface area contributed by atoms with Crippen LogP contribution in [0.25, 0.3) is 0 Å². The highest BCUT2D eigenvalue weighted by molar-refractivity contribution is 7.81. The zero-order valence-corrected chi connectivity index (χ0v) is 13.9. The number of amides is 1. The van der Waals surface area contributed by atoms with Crippen molar-refractivity contribution in [3.63, 3.8) is 0 Å². The summed E-state index contributed by atoms with van der Waals surface area (Å²) >= 11 is 9.07. The van der Waals surface area contributed by atoms with Crippen molar-refractivity contribution in [2.75, 3.05) is 5.32 Å². The summed E-state index contributed by atoms with van der Waals surface area (Å²) in [4.78, 5) is 11.7. The fraction of sp³-hybridized carbons (Fsp3) is 0.562. The van der Waals surface area contributed by atoms with Gasteiger partial charge in [0.05, 0.1) is 0 Å². The van der Waals surface area contributed by atoms with Gasteiger partial charge in [0.15, 0.2) is 0 Å². The first-order chi connectivity index (χ1) is 9.61. The second-order valence-corrected chi connectivity index (χ2v) is 6.57. The topological polar surface area (TPSA) is 29.1 Å². The van der Waals surface area contributed by atoms with Crippen LogP contribution in [-0.4, -0.2) is 16.4 Å². The van der Waals surface area contributed by atoms with E-state index in [-0.39, 0.29) is 5.91 Å². The maximum Gasteiger partial charge on any atom is 0.224 e. The number of anilines is 1. The summed E-state index contributed by atoms with van der Waals surface area (Å²) in [5, 5.41) is 3.74. The average molecular weight is 312 g/mol. The van der Waals surface area contributed by atoms with Gasteiger partial charge in [-0.05, 0) is 37.8 Å². The summed E-state index contributed by atoms with van der Waals surface area (Å²) < 4.78 is 0. The molecule has 2 atom stereocenters. The van der Waals surface area contributed by atoms with Gasteiger partial charge in [0.1, 0.15) is 0 Å². The lowest BCUT2D eigenvalue weighted by atomic mass is 10.1. The van der Waals surface area contributed by atoms with Crippen molar-refractivity contribution in [2.45, 2.75) is 55.9 Å². The van der Waals surface area contributed by atoms with E-state index in [9.17, 15) is 4.79 Å². The second kappa shape index (κ2) is 10.2. The fourth-order valence-corrected chi connectivity index (χ4v) is 2.87. The second-order valence-electron chi connectivity index (χ2n) is 5.11. The minimum atomic E-state index is 0.0903. The van der Waals surface area contributed by atoms with Crippen LogP contribution in [0.15, 0.2) is 30.3 Å². The molecule has 1 N–H and O–H groups in total. The summed E-state index contributed by atoms with van der Waals surface area (Å²) in [6, 6.07) is 9.58. The molecule has 0 spiro atoms. The third kappa shape index (κ3) is 7.85. The van der Waals surface area contributed by atoms with E-state index in [0.29, 0.717) is 16.9 Å². The maximum atomic E-state index is 11.7. The smallest absolute Gasteiger partial charge is 0.224 e. The summed E-state index contributed by atoms with van der Waals surface area (Å²) in [6.45, 7) is 2.14. The molecule has 20 heavy (non-hydrogen) atoms. The number of hydrogen-bond acceptors (Lipinski definition) is 3. The van der Waals surface area contributed by atoms with Gasteiger partial charge in [-0.15, -0.1) is 0 Å². The highest BCUT2D eigenvalue weighted by atomic mass is 32.1. The van der Waals surface area contributed by atoms with Gasteiger partial charge < -0.3 is 5.32 Å². The number of thiol groups is 2. The normalized spacial score (nSPS) is 13.8. The van der Waals surface area contributed by atoms with E-state index in [1.807, 2.05) is 30.3 Å². The third-order valence-electron chi connectivity index (χ3n) is 3.26. The maximum absolute atomic E-state index is 11.7. The first-order valence-electron chi connectivity index (χ1n) is 7.32. The van der Waals surface area contributed by atoms with E-state index < -0.39 is 0 Å². The van der Waals surface area contributed by atoms with Gasteiger partial charge in [-0.2, -0.15) is 25.3 Å². The Morgan fingerprint density at radius 2 is 1.85 bits per heavy atom. The Balaban J connectivity index is 2.10. The van der Waals surface area contributed by atoms with Crippen LogP contribution >= 0.6 is 25.3 Å². The third-order valence-corrected chi connectivity index (χ3v) is 4.31. The standard InChI is InChI=1S/C16H25NOS2/c1-2-14(19)12-15(20)10-6-7-11-16(18)17-13-8-4-3-5-9-13/h3-5,8-9,14-15,19-20H,2,6-7,10-12H2,1H3,(H,17,18).